The lowest BCUT2D eigenvalue weighted by atomic mass is 9.85. The number of halogens is 2. The van der Waals surface area contributed by atoms with Crippen LogP contribution >= 0.6 is 15.9 Å². The molecule has 2 N–H and O–H groups in total. The Morgan fingerprint density at radius 2 is 2.19 bits per heavy atom. The highest BCUT2D eigenvalue weighted by molar-refractivity contribution is 9.10. The van der Waals surface area contributed by atoms with E-state index in [1.165, 1.54) is 25.3 Å². The molecule has 0 unspecified atom stereocenters. The minimum atomic E-state index is -0.307. The zero-order chi connectivity index (χ0) is 11.7. The van der Waals surface area contributed by atoms with E-state index >= 15 is 0 Å². The lowest BCUT2D eigenvalue weighted by molar-refractivity contribution is 0.321. The monoisotopic (exact) mass is 286 g/mol. The Balaban J connectivity index is 2.14. The van der Waals surface area contributed by atoms with E-state index in [9.17, 15) is 4.39 Å². The topological polar surface area (TPSA) is 29.3 Å². The molecule has 0 radical (unpaired) electrons. The highest BCUT2D eigenvalue weighted by atomic mass is 79.9. The van der Waals surface area contributed by atoms with Gasteiger partial charge in [-0.2, -0.15) is 0 Å². The van der Waals surface area contributed by atoms with Crippen LogP contribution in [0.15, 0.2) is 16.6 Å². The number of hydrogen-bond donors (Lipinski definition) is 1. The van der Waals surface area contributed by atoms with Crippen LogP contribution in [0.3, 0.4) is 0 Å². The first kappa shape index (κ1) is 11.7. The summed E-state index contributed by atoms with van der Waals surface area (Å²) >= 11 is 3.19. The summed E-state index contributed by atoms with van der Waals surface area (Å²) in [6.45, 7) is 1.00. The SMILES string of the molecule is CN(CC1CCC1)c1cc(Br)c(F)cc1N. The molecule has 0 aliphatic heterocycles. The third-order valence-corrected chi connectivity index (χ3v) is 3.85. The molecule has 0 bridgehead atoms. The smallest absolute Gasteiger partial charge is 0.139 e. The molecule has 1 fully saturated rings. The Bertz CT molecular complexity index is 391. The largest absolute Gasteiger partial charge is 0.397 e. The van der Waals surface area contributed by atoms with Crippen molar-refractivity contribution in [2.24, 2.45) is 5.92 Å². The summed E-state index contributed by atoms with van der Waals surface area (Å²) in [4.78, 5) is 2.11. The Morgan fingerprint density at radius 1 is 1.50 bits per heavy atom. The minimum absolute atomic E-state index is 0.307. The molecule has 2 nitrogen and oxygen atoms in total. The summed E-state index contributed by atoms with van der Waals surface area (Å²) in [5.41, 5.74) is 7.23. The number of nitrogen functional groups attached to an aromatic ring is 1. The molecule has 4 heteroatoms. The Kier molecular flexibility index (Phi) is 3.38. The van der Waals surface area contributed by atoms with Crippen molar-refractivity contribution in [3.05, 3.63) is 22.4 Å². The van der Waals surface area contributed by atoms with Crippen molar-refractivity contribution in [2.75, 3.05) is 24.2 Å². The summed E-state index contributed by atoms with van der Waals surface area (Å²) in [6, 6.07) is 3.13. The Labute approximate surface area is 104 Å². The van der Waals surface area contributed by atoms with E-state index in [-0.39, 0.29) is 5.82 Å². The van der Waals surface area contributed by atoms with Gasteiger partial charge in [-0.1, -0.05) is 6.42 Å². The fourth-order valence-corrected chi connectivity index (χ4v) is 2.37. The molecule has 16 heavy (non-hydrogen) atoms. The number of rotatable bonds is 3. The summed E-state index contributed by atoms with van der Waals surface area (Å²) in [6.07, 6.45) is 3.93. The predicted octanol–water partition coefficient (Wildman–Crippen LogP) is 3.41. The van der Waals surface area contributed by atoms with Gasteiger partial charge in [0.05, 0.1) is 15.8 Å². The normalized spacial score (nSPS) is 15.9. The van der Waals surface area contributed by atoms with Gasteiger partial charge in [0.1, 0.15) is 5.82 Å². The zero-order valence-corrected chi connectivity index (χ0v) is 10.9. The van der Waals surface area contributed by atoms with E-state index < -0.39 is 0 Å². The lowest BCUT2D eigenvalue weighted by Gasteiger charge is -2.32. The van der Waals surface area contributed by atoms with Crippen molar-refractivity contribution >= 4 is 27.3 Å². The molecule has 0 atom stereocenters. The molecule has 1 aliphatic rings. The van der Waals surface area contributed by atoms with E-state index in [0.717, 1.165) is 18.2 Å². The fraction of sp³-hybridized carbons (Fsp3) is 0.500. The number of nitrogens with two attached hydrogens (primary N) is 1. The van der Waals surface area contributed by atoms with E-state index in [4.69, 9.17) is 5.73 Å². The second-order valence-corrected chi connectivity index (χ2v) is 5.36. The fourth-order valence-electron chi connectivity index (χ4n) is 2.04. The first-order valence-corrected chi connectivity index (χ1v) is 6.33. The third-order valence-electron chi connectivity index (χ3n) is 3.24. The highest BCUT2D eigenvalue weighted by Gasteiger charge is 2.20. The molecule has 1 aromatic rings. The van der Waals surface area contributed by atoms with E-state index in [1.54, 1.807) is 6.07 Å². The molecular weight excluding hydrogens is 271 g/mol. The summed E-state index contributed by atoms with van der Waals surface area (Å²) in [5.74, 6) is 0.464. The second-order valence-electron chi connectivity index (χ2n) is 4.50. The van der Waals surface area contributed by atoms with Crippen LogP contribution in [0, 0.1) is 11.7 Å². The minimum Gasteiger partial charge on any atom is -0.397 e. The molecule has 0 spiro atoms. The molecule has 2 rings (SSSR count). The first-order chi connectivity index (χ1) is 7.58. The molecule has 0 aromatic heterocycles. The molecule has 1 aliphatic carbocycles. The molecular formula is C12H16BrFN2. The number of anilines is 2. The maximum Gasteiger partial charge on any atom is 0.139 e. The quantitative estimate of drug-likeness (QED) is 0.863. The summed E-state index contributed by atoms with van der Waals surface area (Å²) in [5, 5.41) is 0. The van der Waals surface area contributed by atoms with E-state index in [2.05, 4.69) is 20.8 Å². The number of hydrogen-bond acceptors (Lipinski definition) is 2. The van der Waals surface area contributed by atoms with Crippen LogP contribution in [-0.4, -0.2) is 13.6 Å². The third kappa shape index (κ3) is 2.32. The predicted molar refractivity (Wildman–Crippen MR) is 69.1 cm³/mol. The first-order valence-electron chi connectivity index (χ1n) is 5.53. The molecule has 88 valence electrons. The van der Waals surface area contributed by atoms with E-state index in [1.807, 2.05) is 7.05 Å². The maximum atomic E-state index is 13.2. The van der Waals surface area contributed by atoms with Crippen molar-refractivity contribution in [1.29, 1.82) is 0 Å². The maximum absolute atomic E-state index is 13.2. The van der Waals surface area contributed by atoms with Crippen molar-refractivity contribution in [3.8, 4) is 0 Å². The van der Waals surface area contributed by atoms with Gasteiger partial charge in [-0.25, -0.2) is 4.39 Å². The Hall–Kier alpha value is -0.770. The molecule has 0 amide bonds. The van der Waals surface area contributed by atoms with Crippen LogP contribution in [-0.2, 0) is 0 Å². The average molecular weight is 287 g/mol. The van der Waals surface area contributed by atoms with Gasteiger partial charge < -0.3 is 10.6 Å². The van der Waals surface area contributed by atoms with Gasteiger partial charge in [0.25, 0.3) is 0 Å². The molecule has 1 saturated carbocycles. The van der Waals surface area contributed by atoms with Crippen LogP contribution in [0.5, 0.6) is 0 Å². The summed E-state index contributed by atoms with van der Waals surface area (Å²) in [7, 11) is 2.01. The van der Waals surface area contributed by atoms with Gasteiger partial charge in [-0.15, -0.1) is 0 Å². The van der Waals surface area contributed by atoms with Crippen LogP contribution in [0.1, 0.15) is 19.3 Å². The van der Waals surface area contributed by atoms with Gasteiger partial charge in [-0.05, 0) is 40.8 Å². The molecule has 0 heterocycles. The molecule has 1 aromatic carbocycles. The Morgan fingerprint density at radius 3 is 2.75 bits per heavy atom. The highest BCUT2D eigenvalue weighted by Crippen LogP contribution is 2.32. The van der Waals surface area contributed by atoms with Gasteiger partial charge >= 0.3 is 0 Å². The zero-order valence-electron chi connectivity index (χ0n) is 9.34. The molecule has 0 saturated heterocycles. The lowest BCUT2D eigenvalue weighted by Crippen LogP contribution is -2.29. The average Bonchev–Trinajstić information content (AvgIpc) is 2.17. The second kappa shape index (κ2) is 4.62. The van der Waals surface area contributed by atoms with Crippen molar-refractivity contribution in [1.82, 2.24) is 0 Å². The standard InChI is InChI=1S/C12H16BrFN2/c1-16(7-8-3-2-4-8)12-5-9(13)10(14)6-11(12)15/h5-6,8H,2-4,7,15H2,1H3. The van der Waals surface area contributed by atoms with Crippen molar-refractivity contribution in [3.63, 3.8) is 0 Å². The van der Waals surface area contributed by atoms with Crippen LogP contribution in [0.25, 0.3) is 0 Å². The van der Waals surface area contributed by atoms with Gasteiger partial charge in [-0.3, -0.25) is 0 Å². The van der Waals surface area contributed by atoms with Gasteiger partial charge in [0, 0.05) is 19.7 Å². The van der Waals surface area contributed by atoms with Crippen LogP contribution in [0.2, 0.25) is 0 Å². The van der Waals surface area contributed by atoms with Crippen LogP contribution in [0.4, 0.5) is 15.8 Å². The van der Waals surface area contributed by atoms with Crippen molar-refractivity contribution in [2.45, 2.75) is 19.3 Å². The van der Waals surface area contributed by atoms with Gasteiger partial charge in [0.15, 0.2) is 0 Å². The number of benzene rings is 1. The number of nitrogens with zero attached hydrogens (tertiary/aromatic N) is 1. The van der Waals surface area contributed by atoms with Crippen molar-refractivity contribution < 1.29 is 4.39 Å². The van der Waals surface area contributed by atoms with Gasteiger partial charge in [0.2, 0.25) is 0 Å². The van der Waals surface area contributed by atoms with Crippen LogP contribution < -0.4 is 10.6 Å². The van der Waals surface area contributed by atoms with E-state index in [0.29, 0.717) is 10.2 Å². The summed E-state index contributed by atoms with van der Waals surface area (Å²) < 4.78 is 13.7.